The Kier molecular flexibility index (Phi) is 7.44. The zero-order valence-electron chi connectivity index (χ0n) is 29.6. The lowest BCUT2D eigenvalue weighted by Crippen LogP contribution is -2.15. The first-order chi connectivity index (χ1) is 26.7. The van der Waals surface area contributed by atoms with Gasteiger partial charge in [0.15, 0.2) is 11.5 Å². The normalized spacial score (nSPS) is 12.3. The molecule has 3 heterocycles. The van der Waals surface area contributed by atoms with Crippen LogP contribution in [0.25, 0.3) is 73.2 Å². The second-order valence-corrected chi connectivity index (χ2v) is 13.4. The number of allylic oxidation sites excluding steroid dienone is 1. The van der Waals surface area contributed by atoms with Gasteiger partial charge in [0.05, 0.1) is 33.6 Å². The van der Waals surface area contributed by atoms with Gasteiger partial charge in [-0.2, -0.15) is 0 Å². The van der Waals surface area contributed by atoms with Gasteiger partial charge in [0.2, 0.25) is 5.95 Å². The molecule has 0 saturated heterocycles. The van der Waals surface area contributed by atoms with Crippen LogP contribution in [0.5, 0.6) is 11.5 Å². The van der Waals surface area contributed by atoms with Crippen molar-refractivity contribution in [3.63, 3.8) is 0 Å². The van der Waals surface area contributed by atoms with Gasteiger partial charge in [0, 0.05) is 27.4 Å². The van der Waals surface area contributed by atoms with Crippen molar-refractivity contribution in [2.45, 2.75) is 6.92 Å². The van der Waals surface area contributed by atoms with Gasteiger partial charge < -0.3 is 9.64 Å². The number of aromatic nitrogens is 3. The lowest BCUT2D eigenvalue weighted by atomic mass is 9.97. The summed E-state index contributed by atoms with van der Waals surface area (Å²) in [6, 6.07) is 54.7. The number of para-hydroxylation sites is 4. The van der Waals surface area contributed by atoms with Crippen LogP contribution in [0.4, 0.5) is 17.1 Å². The van der Waals surface area contributed by atoms with Gasteiger partial charge >= 0.3 is 0 Å². The van der Waals surface area contributed by atoms with Crippen LogP contribution in [-0.2, 0) is 0 Å². The molecule has 0 N–H and O–H groups in total. The number of ether oxygens (including phenoxy) is 1. The average molecular weight is 695 g/mol. The van der Waals surface area contributed by atoms with Gasteiger partial charge in [0.25, 0.3) is 0 Å². The molecule has 5 nitrogen and oxygen atoms in total. The minimum Gasteiger partial charge on any atom is -0.453 e. The molecule has 0 spiro atoms. The molecule has 9 aromatic rings. The van der Waals surface area contributed by atoms with Crippen molar-refractivity contribution in [1.82, 2.24) is 14.5 Å². The van der Waals surface area contributed by atoms with Crippen LogP contribution in [0.1, 0.15) is 18.1 Å². The number of hydrogen-bond acceptors (Lipinski definition) is 4. The molecule has 1 aliphatic rings. The third-order valence-electron chi connectivity index (χ3n) is 10.3. The zero-order valence-corrected chi connectivity index (χ0v) is 29.6. The first-order valence-electron chi connectivity index (χ1n) is 18.2. The number of fused-ring (bicyclic) bond motifs is 6. The molecular formula is C49H34N4O. The van der Waals surface area contributed by atoms with E-state index in [9.17, 15) is 0 Å². The topological polar surface area (TPSA) is 43.2 Å². The maximum Gasteiger partial charge on any atom is 0.235 e. The highest BCUT2D eigenvalue weighted by Gasteiger charge is 2.26. The van der Waals surface area contributed by atoms with Crippen LogP contribution in [0.15, 0.2) is 170 Å². The fourth-order valence-electron chi connectivity index (χ4n) is 7.85. The minimum absolute atomic E-state index is 0.625. The molecule has 0 atom stereocenters. The number of benzene rings is 7. The van der Waals surface area contributed by atoms with Gasteiger partial charge in [-0.25, -0.2) is 9.97 Å². The summed E-state index contributed by atoms with van der Waals surface area (Å²) in [6.45, 7) is 6.23. The second kappa shape index (κ2) is 12.8. The van der Waals surface area contributed by atoms with Crippen LogP contribution >= 0.6 is 0 Å². The van der Waals surface area contributed by atoms with Crippen LogP contribution in [-0.4, -0.2) is 14.5 Å². The van der Waals surface area contributed by atoms with Crippen molar-refractivity contribution in [3.8, 4) is 39.8 Å². The third-order valence-corrected chi connectivity index (χ3v) is 10.3. The van der Waals surface area contributed by atoms with E-state index in [1.165, 1.54) is 0 Å². The molecule has 10 rings (SSSR count). The Labute approximate surface area is 313 Å². The number of nitrogens with zero attached hydrogens (tertiary/aromatic N) is 4. The summed E-state index contributed by atoms with van der Waals surface area (Å²) in [4.78, 5) is 12.8. The first kappa shape index (κ1) is 31.5. The summed E-state index contributed by atoms with van der Waals surface area (Å²) >= 11 is 0. The van der Waals surface area contributed by atoms with E-state index in [-0.39, 0.29) is 0 Å². The van der Waals surface area contributed by atoms with Crippen molar-refractivity contribution in [1.29, 1.82) is 0 Å². The SMILES string of the molecule is C=Cc1ccc2c(c1/C=C\C)c1cc(-c3ccc4c(c3)Oc3ccccc3N4c3ccccc3)ccc1n2-c1nc(-c2ccccc2)c2ccccc2n1. The Morgan fingerprint density at radius 1 is 0.593 bits per heavy atom. The summed E-state index contributed by atoms with van der Waals surface area (Å²) < 4.78 is 8.80. The molecule has 0 unspecified atom stereocenters. The van der Waals surface area contributed by atoms with Crippen molar-refractivity contribution in [2.24, 2.45) is 0 Å². The molecule has 0 bridgehead atoms. The zero-order chi connectivity index (χ0) is 36.2. The highest BCUT2D eigenvalue weighted by molar-refractivity contribution is 6.15. The Balaban J connectivity index is 1.20. The van der Waals surface area contributed by atoms with Gasteiger partial charge in [-0.15, -0.1) is 0 Å². The van der Waals surface area contributed by atoms with Gasteiger partial charge in [0.1, 0.15) is 0 Å². The number of rotatable bonds is 6. The Morgan fingerprint density at radius 2 is 1.30 bits per heavy atom. The standard InChI is InChI=1S/C49H34N4O/c1-3-15-37-32(4-2)24-29-44-47(37)39-30-34(35-26-28-43-46(31-35)54-45-23-14-13-22-42(45)52(43)36-18-9-6-10-19-36)25-27-41(39)53(44)49-50-40-21-12-11-20-38(40)48(51-49)33-16-7-5-8-17-33/h3-31H,2H2,1H3/b15-3-. The molecule has 2 aromatic heterocycles. The van der Waals surface area contributed by atoms with E-state index in [4.69, 9.17) is 14.7 Å². The van der Waals surface area contributed by atoms with Crippen molar-refractivity contribution in [3.05, 3.63) is 182 Å². The van der Waals surface area contributed by atoms with Crippen LogP contribution in [0.2, 0.25) is 0 Å². The molecule has 7 aromatic carbocycles. The smallest absolute Gasteiger partial charge is 0.235 e. The van der Waals surface area contributed by atoms with Crippen molar-refractivity contribution in [2.75, 3.05) is 4.90 Å². The van der Waals surface area contributed by atoms with E-state index in [1.807, 2.05) is 48.5 Å². The highest BCUT2D eigenvalue weighted by atomic mass is 16.5. The Bertz CT molecular complexity index is 2940. The van der Waals surface area contributed by atoms with E-state index in [1.54, 1.807) is 0 Å². The quantitative estimate of drug-likeness (QED) is 0.174. The van der Waals surface area contributed by atoms with Crippen LogP contribution in [0.3, 0.4) is 0 Å². The van der Waals surface area contributed by atoms with Gasteiger partial charge in [-0.05, 0) is 89.8 Å². The molecule has 256 valence electrons. The lowest BCUT2D eigenvalue weighted by molar-refractivity contribution is 0.477. The number of anilines is 3. The maximum absolute atomic E-state index is 6.59. The van der Waals surface area contributed by atoms with E-state index < -0.39 is 0 Å². The van der Waals surface area contributed by atoms with E-state index in [0.29, 0.717) is 5.95 Å². The van der Waals surface area contributed by atoms with Crippen LogP contribution < -0.4 is 9.64 Å². The molecule has 0 saturated carbocycles. The summed E-state index contributed by atoms with van der Waals surface area (Å²) in [5.74, 6) is 2.25. The maximum atomic E-state index is 6.59. The monoisotopic (exact) mass is 694 g/mol. The van der Waals surface area contributed by atoms with Crippen molar-refractivity contribution >= 4 is 61.9 Å². The predicted octanol–water partition coefficient (Wildman–Crippen LogP) is 13.3. The molecule has 0 radical (unpaired) electrons. The largest absolute Gasteiger partial charge is 0.453 e. The molecule has 5 heteroatoms. The van der Waals surface area contributed by atoms with E-state index in [0.717, 1.165) is 94.8 Å². The highest BCUT2D eigenvalue weighted by Crippen LogP contribution is 2.51. The Morgan fingerprint density at radius 3 is 2.13 bits per heavy atom. The summed E-state index contributed by atoms with van der Waals surface area (Å²) in [5, 5.41) is 3.24. The fourth-order valence-corrected chi connectivity index (χ4v) is 7.85. The van der Waals surface area contributed by atoms with E-state index in [2.05, 4.69) is 150 Å². The van der Waals surface area contributed by atoms with Crippen molar-refractivity contribution < 1.29 is 4.74 Å². The molecule has 0 aliphatic carbocycles. The lowest BCUT2D eigenvalue weighted by Gasteiger charge is -2.33. The summed E-state index contributed by atoms with van der Waals surface area (Å²) in [6.07, 6.45) is 6.19. The summed E-state index contributed by atoms with van der Waals surface area (Å²) in [5.41, 5.74) is 12.3. The minimum atomic E-state index is 0.625. The van der Waals surface area contributed by atoms with E-state index >= 15 is 0 Å². The average Bonchev–Trinajstić information content (AvgIpc) is 3.57. The summed E-state index contributed by atoms with van der Waals surface area (Å²) in [7, 11) is 0. The fraction of sp³-hybridized carbons (Fsp3) is 0.0204. The first-order valence-corrected chi connectivity index (χ1v) is 18.2. The molecular weight excluding hydrogens is 661 g/mol. The molecule has 1 aliphatic heterocycles. The molecule has 0 amide bonds. The Hall–Kier alpha value is -7.24. The van der Waals surface area contributed by atoms with Gasteiger partial charge in [-0.3, -0.25) is 4.57 Å². The second-order valence-electron chi connectivity index (χ2n) is 13.4. The molecule has 54 heavy (non-hydrogen) atoms. The predicted molar refractivity (Wildman–Crippen MR) is 224 cm³/mol. The third kappa shape index (κ3) is 5.01. The number of hydrogen-bond donors (Lipinski definition) is 0. The van der Waals surface area contributed by atoms with Gasteiger partial charge in [-0.1, -0.05) is 122 Å². The molecule has 0 fully saturated rings. The van der Waals surface area contributed by atoms with Crippen LogP contribution in [0, 0.1) is 0 Å².